The number of hydrogen-bond donors (Lipinski definition) is 1. The first-order valence-electron chi connectivity index (χ1n) is 4.65. The lowest BCUT2D eigenvalue weighted by atomic mass is 10.3. The molecule has 1 N–H and O–H groups in total. The van der Waals surface area contributed by atoms with Gasteiger partial charge in [0.2, 0.25) is 5.95 Å². The Morgan fingerprint density at radius 3 is 2.62 bits per heavy atom. The number of aromatic nitrogens is 2. The Bertz CT molecular complexity index is 422. The highest BCUT2D eigenvalue weighted by molar-refractivity contribution is 5.97. The van der Waals surface area contributed by atoms with Crippen LogP contribution in [0.5, 0.6) is 0 Å². The summed E-state index contributed by atoms with van der Waals surface area (Å²) in [6, 6.07) is 0.373. The number of nitrogens with zero attached hydrogens (tertiary/aromatic N) is 4. The fraction of sp³-hybridized carbons (Fsp3) is 0.333. The van der Waals surface area contributed by atoms with Gasteiger partial charge in [-0.25, -0.2) is 19.6 Å². The molecule has 1 aromatic heterocycles. The van der Waals surface area contributed by atoms with Crippen LogP contribution in [0.1, 0.15) is 0 Å². The fourth-order valence-corrected chi connectivity index (χ4v) is 1.54. The summed E-state index contributed by atoms with van der Waals surface area (Å²) >= 11 is 0. The van der Waals surface area contributed by atoms with Crippen molar-refractivity contribution in [3.05, 3.63) is 18.5 Å². The molecule has 16 heavy (non-hydrogen) atoms. The predicted molar refractivity (Wildman–Crippen MR) is 54.0 cm³/mol. The molecule has 7 heteroatoms. The quantitative estimate of drug-likeness (QED) is 0.748. The van der Waals surface area contributed by atoms with Crippen LogP contribution in [0.4, 0.5) is 10.7 Å². The van der Waals surface area contributed by atoms with E-state index in [2.05, 4.69) is 9.97 Å². The first-order valence-corrected chi connectivity index (χ1v) is 4.65. The van der Waals surface area contributed by atoms with Gasteiger partial charge < -0.3 is 10.0 Å². The van der Waals surface area contributed by atoms with Crippen LogP contribution in [-0.2, 0) is 4.79 Å². The van der Waals surface area contributed by atoms with E-state index in [9.17, 15) is 9.59 Å². The zero-order valence-electron chi connectivity index (χ0n) is 8.57. The highest BCUT2D eigenvalue weighted by Crippen LogP contribution is 2.18. The lowest BCUT2D eigenvalue weighted by Gasteiger charge is -2.13. The van der Waals surface area contributed by atoms with Gasteiger partial charge in [0.25, 0.3) is 0 Å². The Morgan fingerprint density at radius 1 is 1.50 bits per heavy atom. The minimum absolute atomic E-state index is 0.0642. The molecule has 0 spiro atoms. The number of amides is 2. The number of carbonyl (C=O) groups excluding carboxylic acids is 1. The van der Waals surface area contributed by atoms with Gasteiger partial charge in [-0.15, -0.1) is 0 Å². The number of carboxylic acid groups (broad SMARTS) is 1. The summed E-state index contributed by atoms with van der Waals surface area (Å²) in [5, 5.41) is 8.90. The van der Waals surface area contributed by atoms with E-state index in [-0.39, 0.29) is 12.5 Å². The van der Waals surface area contributed by atoms with E-state index >= 15 is 0 Å². The molecule has 1 atom stereocenters. The van der Waals surface area contributed by atoms with Crippen molar-refractivity contribution in [2.45, 2.75) is 6.04 Å². The summed E-state index contributed by atoms with van der Waals surface area (Å²) in [6.07, 6.45) is 3.01. The predicted octanol–water partition coefficient (Wildman–Crippen LogP) is -0.198. The third-order valence-corrected chi connectivity index (χ3v) is 2.43. The van der Waals surface area contributed by atoms with Crippen molar-refractivity contribution < 1.29 is 14.7 Å². The van der Waals surface area contributed by atoms with E-state index in [1.54, 1.807) is 6.07 Å². The van der Waals surface area contributed by atoms with Crippen LogP contribution < -0.4 is 4.90 Å². The Balaban J connectivity index is 2.26. The Labute approximate surface area is 91.3 Å². The number of anilines is 1. The smallest absolute Gasteiger partial charge is 0.328 e. The molecule has 7 nitrogen and oxygen atoms in total. The lowest BCUT2D eigenvalue weighted by molar-refractivity contribution is -0.140. The summed E-state index contributed by atoms with van der Waals surface area (Å²) in [5.74, 6) is -0.808. The summed E-state index contributed by atoms with van der Waals surface area (Å²) in [6.45, 7) is 0.0642. The van der Waals surface area contributed by atoms with Crippen molar-refractivity contribution >= 4 is 17.9 Å². The third-order valence-electron chi connectivity index (χ3n) is 2.43. The maximum Gasteiger partial charge on any atom is 0.328 e. The fourth-order valence-electron chi connectivity index (χ4n) is 1.54. The number of likely N-dealkylation sites (N-methyl/N-ethyl adjacent to an activating group) is 1. The standard InChI is InChI=1S/C9H10N4O3/c1-12-6(7(14)15)5-13(9(12)16)8-10-3-2-4-11-8/h2-4,6H,5H2,1H3,(H,14,15)/t6-/m0/s1. The molecule has 0 unspecified atom stereocenters. The van der Waals surface area contributed by atoms with Crippen LogP contribution in [0.15, 0.2) is 18.5 Å². The summed E-state index contributed by atoms with van der Waals surface area (Å²) < 4.78 is 0. The monoisotopic (exact) mass is 222 g/mol. The molecule has 84 valence electrons. The second kappa shape index (κ2) is 3.76. The maximum absolute atomic E-state index is 11.7. The molecule has 1 aliphatic rings. The molecule has 0 aromatic carbocycles. The molecule has 0 aliphatic carbocycles. The van der Waals surface area contributed by atoms with E-state index < -0.39 is 18.0 Å². The van der Waals surface area contributed by atoms with E-state index in [0.717, 1.165) is 0 Å². The van der Waals surface area contributed by atoms with Gasteiger partial charge in [0.05, 0.1) is 6.54 Å². The van der Waals surface area contributed by atoms with Crippen LogP contribution in [0.25, 0.3) is 0 Å². The topological polar surface area (TPSA) is 86.6 Å². The molecule has 2 heterocycles. The summed E-state index contributed by atoms with van der Waals surface area (Å²) in [5.41, 5.74) is 0. The molecule has 1 fully saturated rings. The van der Waals surface area contributed by atoms with E-state index in [1.165, 1.54) is 29.2 Å². The molecule has 0 bridgehead atoms. The van der Waals surface area contributed by atoms with Gasteiger partial charge in [-0.3, -0.25) is 4.90 Å². The molecule has 2 rings (SSSR count). The zero-order chi connectivity index (χ0) is 11.7. The largest absolute Gasteiger partial charge is 0.480 e. The average molecular weight is 222 g/mol. The minimum Gasteiger partial charge on any atom is -0.480 e. The van der Waals surface area contributed by atoms with Gasteiger partial charge in [0.1, 0.15) is 6.04 Å². The molecule has 1 saturated heterocycles. The minimum atomic E-state index is -1.03. The van der Waals surface area contributed by atoms with Crippen molar-refractivity contribution in [2.75, 3.05) is 18.5 Å². The highest BCUT2D eigenvalue weighted by Gasteiger charge is 2.40. The number of rotatable bonds is 2. The average Bonchev–Trinajstić information content (AvgIpc) is 2.58. The second-order valence-corrected chi connectivity index (χ2v) is 3.41. The SMILES string of the molecule is CN1C(=O)N(c2ncccn2)C[C@H]1C(=O)O. The molecule has 0 radical (unpaired) electrons. The first-order chi connectivity index (χ1) is 7.61. The van der Waals surface area contributed by atoms with Gasteiger partial charge in [-0.1, -0.05) is 0 Å². The van der Waals surface area contributed by atoms with Crippen LogP contribution in [0.2, 0.25) is 0 Å². The maximum atomic E-state index is 11.7. The van der Waals surface area contributed by atoms with Crippen LogP contribution in [-0.4, -0.2) is 51.6 Å². The molecular formula is C9H10N4O3. The molecular weight excluding hydrogens is 212 g/mol. The molecule has 1 aromatic rings. The number of aliphatic carboxylic acids is 1. The van der Waals surface area contributed by atoms with Crippen molar-refractivity contribution in [2.24, 2.45) is 0 Å². The van der Waals surface area contributed by atoms with Crippen LogP contribution >= 0.6 is 0 Å². The first kappa shape index (κ1) is 10.3. The van der Waals surface area contributed by atoms with Crippen LogP contribution in [0.3, 0.4) is 0 Å². The highest BCUT2D eigenvalue weighted by atomic mass is 16.4. The Morgan fingerprint density at radius 2 is 2.12 bits per heavy atom. The molecule has 0 saturated carbocycles. The third kappa shape index (κ3) is 1.56. The number of carboxylic acids is 1. The van der Waals surface area contributed by atoms with Gasteiger partial charge in [-0.2, -0.15) is 0 Å². The van der Waals surface area contributed by atoms with Gasteiger partial charge >= 0.3 is 12.0 Å². The van der Waals surface area contributed by atoms with Gasteiger partial charge in [-0.05, 0) is 6.07 Å². The summed E-state index contributed by atoms with van der Waals surface area (Å²) in [4.78, 5) is 32.8. The van der Waals surface area contributed by atoms with E-state index in [0.29, 0.717) is 0 Å². The van der Waals surface area contributed by atoms with E-state index in [4.69, 9.17) is 5.11 Å². The van der Waals surface area contributed by atoms with Crippen molar-refractivity contribution in [3.8, 4) is 0 Å². The number of carbonyl (C=O) groups is 2. The second-order valence-electron chi connectivity index (χ2n) is 3.41. The molecule has 2 amide bonds. The Kier molecular flexibility index (Phi) is 2.43. The number of hydrogen-bond acceptors (Lipinski definition) is 4. The zero-order valence-corrected chi connectivity index (χ0v) is 8.57. The normalized spacial score (nSPS) is 20.3. The van der Waals surface area contributed by atoms with Crippen molar-refractivity contribution in [1.29, 1.82) is 0 Å². The lowest BCUT2D eigenvalue weighted by Crippen LogP contribution is -2.36. The summed E-state index contributed by atoms with van der Waals surface area (Å²) in [7, 11) is 1.45. The van der Waals surface area contributed by atoms with Crippen LogP contribution in [0, 0.1) is 0 Å². The molecule has 1 aliphatic heterocycles. The Hall–Kier alpha value is -2.18. The number of urea groups is 1. The van der Waals surface area contributed by atoms with Crippen molar-refractivity contribution in [1.82, 2.24) is 14.9 Å². The van der Waals surface area contributed by atoms with Gasteiger partial charge in [0, 0.05) is 19.4 Å². The van der Waals surface area contributed by atoms with E-state index in [1.807, 2.05) is 0 Å². The van der Waals surface area contributed by atoms with Crippen molar-refractivity contribution in [3.63, 3.8) is 0 Å². The van der Waals surface area contributed by atoms with Gasteiger partial charge in [0.15, 0.2) is 0 Å².